The molecule has 0 aliphatic rings. The molecule has 0 spiro atoms. The van der Waals surface area contributed by atoms with Crippen LogP contribution in [0.15, 0.2) is 109 Å². The highest BCUT2D eigenvalue weighted by Gasteiger charge is 2.24. The largest absolute Gasteiger partial charge is 0.756 e. The molecule has 0 heterocycles. The average Bonchev–Trinajstić information content (AvgIpc) is 3.70. The third kappa shape index (κ3) is 68.6. The highest BCUT2D eigenvalue weighted by Crippen LogP contribution is 2.38. The van der Waals surface area contributed by atoms with Gasteiger partial charge in [0.15, 0.2) is 0 Å². The second-order valence-corrected chi connectivity index (χ2v) is 27.0. The van der Waals surface area contributed by atoms with Gasteiger partial charge in [-0.2, -0.15) is 0 Å². The highest BCUT2D eigenvalue weighted by molar-refractivity contribution is 7.45. The minimum absolute atomic E-state index is 0.00922. The van der Waals surface area contributed by atoms with Crippen molar-refractivity contribution in [1.82, 2.24) is 5.32 Å². The van der Waals surface area contributed by atoms with Crippen molar-refractivity contribution in [1.29, 1.82) is 0 Å². The van der Waals surface area contributed by atoms with Crippen LogP contribution in [0.5, 0.6) is 0 Å². The fraction of sp³-hybridized carbons (Fsp3) is 0.753. The van der Waals surface area contributed by atoms with Gasteiger partial charge in [-0.1, -0.05) is 342 Å². The van der Waals surface area contributed by atoms with E-state index in [1.807, 2.05) is 21.1 Å². The number of carbonyl (C=O) groups is 1. The Balaban J connectivity index is 4.03. The third-order valence-electron chi connectivity index (χ3n) is 16.0. The molecule has 1 amide bonds. The van der Waals surface area contributed by atoms with Crippen molar-refractivity contribution in [3.05, 3.63) is 109 Å². The van der Waals surface area contributed by atoms with Crippen LogP contribution in [0.1, 0.15) is 322 Å². The molecule has 0 saturated carbocycles. The molecule has 0 radical (unpaired) electrons. The fourth-order valence-corrected chi connectivity index (χ4v) is 11.2. The van der Waals surface area contributed by atoms with Crippen molar-refractivity contribution in [2.75, 3.05) is 40.9 Å². The number of unbranched alkanes of at least 4 members (excludes halogenated alkanes) is 35. The van der Waals surface area contributed by atoms with Gasteiger partial charge in [-0.05, 0) is 83.5 Å². The monoisotopic (exact) mass is 1220 g/mol. The van der Waals surface area contributed by atoms with Gasteiger partial charge in [-0.3, -0.25) is 9.36 Å². The highest BCUT2D eigenvalue weighted by atomic mass is 31.2. The lowest BCUT2D eigenvalue weighted by molar-refractivity contribution is -0.870. The topological polar surface area (TPSA) is 108 Å². The molecule has 0 rings (SSSR count). The van der Waals surface area contributed by atoms with Crippen LogP contribution in [0.25, 0.3) is 0 Å². The first kappa shape index (κ1) is 83.2. The van der Waals surface area contributed by atoms with Gasteiger partial charge in [0, 0.05) is 6.42 Å². The Labute approximate surface area is 533 Å². The number of amides is 1. The summed E-state index contributed by atoms with van der Waals surface area (Å²) < 4.78 is 23.5. The molecule has 2 N–H and O–H groups in total. The number of likely N-dealkylation sites (N-methyl/N-ethyl adjacent to an activating group) is 1. The van der Waals surface area contributed by atoms with Crippen LogP contribution in [0.4, 0.5) is 0 Å². The molecule has 0 fully saturated rings. The van der Waals surface area contributed by atoms with E-state index in [9.17, 15) is 19.4 Å². The number of carbonyl (C=O) groups excluding carboxylic acids is 1. The number of phosphoric acid groups is 1. The molecule has 3 atom stereocenters. The maximum absolute atomic E-state index is 13.1. The molecule has 0 aliphatic heterocycles. The smallest absolute Gasteiger partial charge is 0.268 e. The van der Waals surface area contributed by atoms with Crippen LogP contribution in [0.2, 0.25) is 0 Å². The normalized spacial score (nSPS) is 14.3. The molecule has 0 bridgehead atoms. The summed E-state index contributed by atoms with van der Waals surface area (Å²) in [7, 11) is 1.31. The minimum Gasteiger partial charge on any atom is -0.756 e. The van der Waals surface area contributed by atoms with Gasteiger partial charge < -0.3 is 28.8 Å². The second-order valence-electron chi connectivity index (χ2n) is 25.6. The Morgan fingerprint density at radius 2 is 0.709 bits per heavy atom. The number of aliphatic hydroxyl groups is 1. The van der Waals surface area contributed by atoms with Crippen LogP contribution >= 0.6 is 7.82 Å². The Morgan fingerprint density at radius 3 is 1.03 bits per heavy atom. The van der Waals surface area contributed by atoms with Crippen molar-refractivity contribution in [2.45, 2.75) is 334 Å². The van der Waals surface area contributed by atoms with E-state index in [-0.39, 0.29) is 19.1 Å². The van der Waals surface area contributed by atoms with Gasteiger partial charge in [-0.25, -0.2) is 0 Å². The molecule has 3 unspecified atom stereocenters. The summed E-state index contributed by atoms with van der Waals surface area (Å²) >= 11 is 0. The molecule has 8 nitrogen and oxygen atoms in total. The van der Waals surface area contributed by atoms with Gasteiger partial charge >= 0.3 is 0 Å². The molecular weight excluding hydrogens is 1080 g/mol. The zero-order chi connectivity index (χ0) is 62.6. The number of nitrogens with one attached hydrogen (secondary N) is 1. The minimum atomic E-state index is -4.59. The molecule has 86 heavy (non-hydrogen) atoms. The molecule has 498 valence electrons. The van der Waals surface area contributed by atoms with E-state index in [1.165, 1.54) is 199 Å². The Kier molecular flexibility index (Phi) is 64.4. The van der Waals surface area contributed by atoms with Crippen molar-refractivity contribution in [3.63, 3.8) is 0 Å². The Hall–Kier alpha value is -2.84. The molecule has 0 aromatic rings. The first-order valence-corrected chi connectivity index (χ1v) is 37.7. The Morgan fingerprint density at radius 1 is 0.419 bits per heavy atom. The zero-order valence-electron chi connectivity index (χ0n) is 57.0. The second kappa shape index (κ2) is 66.6. The molecular formula is C77H139N2O6P. The molecule has 0 saturated heterocycles. The third-order valence-corrected chi connectivity index (χ3v) is 17.0. The summed E-state index contributed by atoms with van der Waals surface area (Å²) in [5.41, 5.74) is 0. The molecule has 9 heteroatoms. The summed E-state index contributed by atoms with van der Waals surface area (Å²) in [5.74, 6) is -0.165. The number of allylic oxidation sites excluding steroid dienone is 18. The predicted octanol–water partition coefficient (Wildman–Crippen LogP) is 22.8. The molecule has 0 aromatic heterocycles. The van der Waals surface area contributed by atoms with E-state index in [2.05, 4.69) is 129 Å². The summed E-state index contributed by atoms with van der Waals surface area (Å²) in [6, 6.07) is -0.808. The lowest BCUT2D eigenvalue weighted by Gasteiger charge is -2.30. The van der Waals surface area contributed by atoms with E-state index in [0.29, 0.717) is 23.9 Å². The average molecular weight is 1220 g/mol. The van der Waals surface area contributed by atoms with Crippen molar-refractivity contribution in [2.24, 2.45) is 0 Å². The fourth-order valence-electron chi connectivity index (χ4n) is 10.4. The lowest BCUT2D eigenvalue weighted by Crippen LogP contribution is -2.46. The van der Waals surface area contributed by atoms with Crippen molar-refractivity contribution >= 4 is 13.7 Å². The summed E-state index contributed by atoms with van der Waals surface area (Å²) in [5, 5.41) is 14.1. The van der Waals surface area contributed by atoms with Crippen LogP contribution in [-0.2, 0) is 18.4 Å². The van der Waals surface area contributed by atoms with E-state index in [0.717, 1.165) is 96.3 Å². The SMILES string of the molecule is CC/C=C\C/C=C\C/C=C\C/C=C\C/C=C\C/C=C\C/C=C\C/C=C\C/C=C\CCCCCCCCCCCCCCCC(=O)NC(COP(=O)([O-])OCC[N+](C)(C)C)C(O)CCCCCCCCCCCCCCCCCCCCCCCCC. The first-order valence-electron chi connectivity index (χ1n) is 36.2. The van der Waals surface area contributed by atoms with Crippen molar-refractivity contribution < 1.29 is 32.9 Å². The van der Waals surface area contributed by atoms with Gasteiger partial charge in [-0.15, -0.1) is 0 Å². The number of rotatable bonds is 66. The van der Waals surface area contributed by atoms with Crippen LogP contribution in [-0.4, -0.2) is 68.5 Å². The zero-order valence-corrected chi connectivity index (χ0v) is 57.9. The predicted molar refractivity (Wildman–Crippen MR) is 376 cm³/mol. The van der Waals surface area contributed by atoms with Gasteiger partial charge in [0.1, 0.15) is 13.2 Å². The number of phosphoric ester groups is 1. The number of hydrogen-bond donors (Lipinski definition) is 2. The number of aliphatic hydroxyl groups excluding tert-OH is 1. The number of quaternary nitrogens is 1. The van der Waals surface area contributed by atoms with E-state index >= 15 is 0 Å². The van der Waals surface area contributed by atoms with E-state index in [1.54, 1.807) is 0 Å². The maximum atomic E-state index is 13.1. The number of nitrogens with zero attached hydrogens (tertiary/aromatic N) is 1. The van der Waals surface area contributed by atoms with E-state index < -0.39 is 20.0 Å². The first-order chi connectivity index (χ1) is 42.0. The van der Waals surface area contributed by atoms with Gasteiger partial charge in [0.2, 0.25) is 5.91 Å². The van der Waals surface area contributed by atoms with E-state index in [4.69, 9.17) is 9.05 Å². The summed E-state index contributed by atoms with van der Waals surface area (Å²) in [6.07, 6.45) is 97.3. The lowest BCUT2D eigenvalue weighted by atomic mass is 10.0. The number of hydrogen-bond acceptors (Lipinski definition) is 6. The standard InChI is InChI=1S/C77H139N2O6P/c1-6-8-10-12-14-16-18-20-22-24-26-28-30-31-32-33-34-35-36-37-38-39-40-41-42-43-44-45-46-47-49-51-53-55-57-59-61-63-65-67-69-71-77(81)78-75(74-85-86(82,83)84-73-72-79(3,4)5)76(80)70-68-66-64-62-60-58-56-54-52-50-48-29-27-25-23-21-19-17-15-13-11-9-7-2/h8,10,14,16,20,22,26,28,31-32,34-35,37-38,40-41,43-44,75-76,80H,6-7,9,11-13,15,17-19,21,23-25,27,29-30,33,36,39,42,45-74H2,1-5H3,(H-,78,81,82,83)/b10-8-,16-14-,22-20-,28-26-,32-31-,35-34-,38-37-,41-40-,44-43-. The van der Waals surface area contributed by atoms with Gasteiger partial charge in [0.25, 0.3) is 7.82 Å². The maximum Gasteiger partial charge on any atom is 0.268 e. The van der Waals surface area contributed by atoms with Gasteiger partial charge in [0.05, 0.1) is 39.9 Å². The molecule has 0 aliphatic carbocycles. The van der Waals surface area contributed by atoms with Crippen LogP contribution in [0.3, 0.4) is 0 Å². The van der Waals surface area contributed by atoms with Crippen LogP contribution < -0.4 is 10.2 Å². The molecule has 0 aromatic carbocycles. The van der Waals surface area contributed by atoms with Crippen LogP contribution in [0, 0.1) is 0 Å². The quantitative estimate of drug-likeness (QED) is 0.0272. The summed E-state index contributed by atoms with van der Waals surface area (Å²) in [4.78, 5) is 25.7. The Bertz CT molecular complexity index is 1770. The van der Waals surface area contributed by atoms with Crippen molar-refractivity contribution in [3.8, 4) is 0 Å². The summed E-state index contributed by atoms with van der Waals surface area (Å²) in [6.45, 7) is 4.64.